The van der Waals surface area contributed by atoms with Crippen LogP contribution >= 0.6 is 0 Å². The molecule has 1 atom stereocenters. The first kappa shape index (κ1) is 47.3. The SMILES string of the molecule is C=CC(=O)OCCOc1ccc(C(=O)OC2CCC(OC(=O)c3cccc4c3C3(CC4)CCc4cccc(C(=O)OC5CCC(OC(=O)c6ccc(OCOC(=O)C=C)cc6)CC5)c43)CC2)cc1. The number of hydrogen-bond donors (Lipinski definition) is 0. The maximum Gasteiger partial charge on any atom is 0.338 e. The minimum Gasteiger partial charge on any atom is -0.490 e. The Morgan fingerprint density at radius 1 is 0.485 bits per heavy atom. The van der Waals surface area contributed by atoms with Crippen molar-refractivity contribution in [1.29, 1.82) is 0 Å². The van der Waals surface area contributed by atoms with Gasteiger partial charge in [-0.1, -0.05) is 37.4 Å². The molecule has 0 bridgehead atoms. The van der Waals surface area contributed by atoms with E-state index in [9.17, 15) is 28.8 Å². The fraction of sp³-hybridized carbons (Fsp3) is 0.370. The molecule has 4 aromatic carbocycles. The molecule has 1 spiro atoms. The van der Waals surface area contributed by atoms with E-state index in [4.69, 9.17) is 37.9 Å². The van der Waals surface area contributed by atoms with Crippen LogP contribution in [-0.2, 0) is 56.3 Å². The van der Waals surface area contributed by atoms with Gasteiger partial charge >= 0.3 is 35.8 Å². The molecule has 4 aromatic rings. The Morgan fingerprint density at radius 3 is 1.31 bits per heavy atom. The molecular formula is C54H54O14. The maximum absolute atomic E-state index is 14.2. The van der Waals surface area contributed by atoms with Gasteiger partial charge < -0.3 is 37.9 Å². The molecule has 4 aliphatic rings. The summed E-state index contributed by atoms with van der Waals surface area (Å²) < 4.78 is 44.6. The highest BCUT2D eigenvalue weighted by molar-refractivity contribution is 5.96. The summed E-state index contributed by atoms with van der Waals surface area (Å²) in [6, 6.07) is 24.4. The molecule has 0 heterocycles. The average Bonchev–Trinajstić information content (AvgIpc) is 3.94. The predicted molar refractivity (Wildman–Crippen MR) is 245 cm³/mol. The van der Waals surface area contributed by atoms with Crippen LogP contribution in [0.5, 0.6) is 11.5 Å². The highest BCUT2D eigenvalue weighted by atomic mass is 16.7. The van der Waals surface area contributed by atoms with E-state index in [0.29, 0.717) is 85.1 Å². The molecule has 0 radical (unpaired) electrons. The molecule has 0 N–H and O–H groups in total. The number of carbonyl (C=O) groups excluding carboxylic acids is 6. The lowest BCUT2D eigenvalue weighted by atomic mass is 9.73. The van der Waals surface area contributed by atoms with Crippen molar-refractivity contribution < 1.29 is 66.7 Å². The van der Waals surface area contributed by atoms with E-state index in [2.05, 4.69) is 25.3 Å². The number of carbonyl (C=O) groups is 6. The maximum atomic E-state index is 14.2. The molecule has 8 rings (SSSR count). The molecule has 14 nitrogen and oxygen atoms in total. The highest BCUT2D eigenvalue weighted by Gasteiger charge is 2.49. The van der Waals surface area contributed by atoms with Crippen molar-refractivity contribution in [3.05, 3.63) is 155 Å². The summed E-state index contributed by atoms with van der Waals surface area (Å²) in [5, 5.41) is 0. The molecule has 68 heavy (non-hydrogen) atoms. The highest BCUT2D eigenvalue weighted by Crippen LogP contribution is 2.55. The van der Waals surface area contributed by atoms with Crippen molar-refractivity contribution in [1.82, 2.24) is 0 Å². The van der Waals surface area contributed by atoms with E-state index in [-0.39, 0.29) is 44.4 Å². The van der Waals surface area contributed by atoms with E-state index in [1.54, 1.807) is 48.5 Å². The van der Waals surface area contributed by atoms with Gasteiger partial charge in [-0.25, -0.2) is 28.8 Å². The first-order valence-corrected chi connectivity index (χ1v) is 23.2. The van der Waals surface area contributed by atoms with Crippen LogP contribution in [0.3, 0.4) is 0 Å². The summed E-state index contributed by atoms with van der Waals surface area (Å²) in [5.74, 6) is -1.92. The minimum atomic E-state index is -0.605. The van der Waals surface area contributed by atoms with Crippen molar-refractivity contribution in [2.75, 3.05) is 20.0 Å². The first-order chi connectivity index (χ1) is 33.0. The normalized spacial score (nSPS) is 21.2. The van der Waals surface area contributed by atoms with Crippen LogP contribution < -0.4 is 9.47 Å². The van der Waals surface area contributed by atoms with Crippen molar-refractivity contribution in [3.8, 4) is 11.5 Å². The van der Waals surface area contributed by atoms with Crippen LogP contribution in [-0.4, -0.2) is 80.2 Å². The summed E-state index contributed by atoms with van der Waals surface area (Å²) in [5.41, 5.74) is 5.20. The van der Waals surface area contributed by atoms with Crippen LogP contribution in [0.25, 0.3) is 0 Å². The zero-order valence-electron chi connectivity index (χ0n) is 37.8. The lowest BCUT2D eigenvalue weighted by Crippen LogP contribution is -2.32. The third-order valence-corrected chi connectivity index (χ3v) is 13.2. The second kappa shape index (κ2) is 21.6. The minimum absolute atomic E-state index is 0.0711. The molecule has 0 aromatic heterocycles. The number of fused-ring (bicyclic) bond motifs is 4. The van der Waals surface area contributed by atoms with Crippen molar-refractivity contribution in [3.63, 3.8) is 0 Å². The Bertz CT molecular complexity index is 2530. The Kier molecular flexibility index (Phi) is 15.0. The quantitative estimate of drug-likeness (QED) is 0.0323. The fourth-order valence-electron chi connectivity index (χ4n) is 9.89. The Labute approximate surface area is 394 Å². The largest absolute Gasteiger partial charge is 0.490 e. The third kappa shape index (κ3) is 11.0. The van der Waals surface area contributed by atoms with E-state index in [1.807, 2.05) is 24.3 Å². The van der Waals surface area contributed by atoms with Gasteiger partial charge in [-0.15, -0.1) is 0 Å². The second-order valence-corrected chi connectivity index (χ2v) is 17.4. The van der Waals surface area contributed by atoms with Gasteiger partial charge in [0.15, 0.2) is 0 Å². The lowest BCUT2D eigenvalue weighted by Gasteiger charge is -2.32. The molecule has 14 heteroatoms. The molecular weight excluding hydrogens is 873 g/mol. The number of aryl methyl sites for hydroxylation is 2. The summed E-state index contributed by atoms with van der Waals surface area (Å²) in [6.07, 6.45) is 8.10. The monoisotopic (exact) mass is 926 g/mol. The number of ether oxygens (including phenoxy) is 8. The summed E-state index contributed by atoms with van der Waals surface area (Å²) in [7, 11) is 0. The molecule has 0 amide bonds. The van der Waals surface area contributed by atoms with E-state index < -0.39 is 41.2 Å². The standard InChI is InChI=1S/C54H54O14/c1-3-46(55)62-32-31-61-38-15-11-36(12-16-38)50(57)65-40-19-23-42(24-20-40)67-52(59)44-9-5-7-34-27-29-54(48(34)44)30-28-35-8-6-10-45(49(35)54)53(60)68-43-25-21-41(22-26-43)66-51(58)37-13-17-39(18-14-37)63-33-64-47(56)4-2/h3-18,40-43H,1-2,19-33H2. The number of hydrogen-bond acceptors (Lipinski definition) is 14. The van der Waals surface area contributed by atoms with Gasteiger partial charge in [-0.05, 0) is 160 Å². The fourth-order valence-corrected chi connectivity index (χ4v) is 9.89. The molecule has 0 aliphatic heterocycles. The van der Waals surface area contributed by atoms with Gasteiger partial charge in [-0.2, -0.15) is 0 Å². The lowest BCUT2D eigenvalue weighted by molar-refractivity contribution is -0.144. The van der Waals surface area contributed by atoms with Gasteiger partial charge in [0.1, 0.15) is 49.1 Å². The van der Waals surface area contributed by atoms with Crippen LogP contribution in [0.2, 0.25) is 0 Å². The zero-order valence-corrected chi connectivity index (χ0v) is 37.8. The van der Waals surface area contributed by atoms with Gasteiger partial charge in [0, 0.05) is 17.6 Å². The number of esters is 6. The zero-order chi connectivity index (χ0) is 47.6. The van der Waals surface area contributed by atoms with Gasteiger partial charge in [-0.3, -0.25) is 0 Å². The topological polar surface area (TPSA) is 176 Å². The molecule has 2 saturated carbocycles. The summed E-state index contributed by atoms with van der Waals surface area (Å²) >= 11 is 0. The van der Waals surface area contributed by atoms with Crippen molar-refractivity contribution in [2.24, 2.45) is 0 Å². The van der Waals surface area contributed by atoms with E-state index >= 15 is 0 Å². The second-order valence-electron chi connectivity index (χ2n) is 17.4. The van der Waals surface area contributed by atoms with E-state index in [1.165, 1.54) is 0 Å². The Hall–Kier alpha value is -7.22. The predicted octanol–water partition coefficient (Wildman–Crippen LogP) is 8.69. The number of benzene rings is 4. The number of rotatable bonds is 17. The van der Waals surface area contributed by atoms with Crippen LogP contribution in [0.4, 0.5) is 0 Å². The molecule has 0 saturated heterocycles. The van der Waals surface area contributed by atoms with Gasteiger partial charge in [0.25, 0.3) is 0 Å². The molecule has 4 aliphatic carbocycles. The average molecular weight is 927 g/mol. The first-order valence-electron chi connectivity index (χ1n) is 23.2. The Morgan fingerprint density at radius 2 is 0.882 bits per heavy atom. The molecule has 1 unspecified atom stereocenters. The van der Waals surface area contributed by atoms with Crippen molar-refractivity contribution in [2.45, 2.75) is 107 Å². The van der Waals surface area contributed by atoms with Crippen LogP contribution in [0.1, 0.15) is 128 Å². The summed E-state index contributed by atoms with van der Waals surface area (Å²) in [6.45, 7) is 6.62. The smallest absolute Gasteiger partial charge is 0.338 e. The third-order valence-electron chi connectivity index (χ3n) is 13.2. The van der Waals surface area contributed by atoms with Gasteiger partial charge in [0.2, 0.25) is 6.79 Å². The molecule has 354 valence electrons. The van der Waals surface area contributed by atoms with E-state index in [0.717, 1.165) is 60.1 Å². The Balaban J connectivity index is 0.838. The van der Waals surface area contributed by atoms with Crippen molar-refractivity contribution >= 4 is 35.8 Å². The van der Waals surface area contributed by atoms with Crippen LogP contribution in [0, 0.1) is 0 Å². The molecule has 2 fully saturated rings. The van der Waals surface area contributed by atoms with Gasteiger partial charge in [0.05, 0.1) is 22.3 Å². The summed E-state index contributed by atoms with van der Waals surface area (Å²) in [4.78, 5) is 76.7. The van der Waals surface area contributed by atoms with Crippen LogP contribution in [0.15, 0.2) is 110 Å².